The molecular weight excluding hydrogens is 304 g/mol. The van der Waals surface area contributed by atoms with Crippen molar-refractivity contribution in [1.29, 1.82) is 5.26 Å². The van der Waals surface area contributed by atoms with Crippen molar-refractivity contribution in [2.24, 2.45) is 11.7 Å². The van der Waals surface area contributed by atoms with Gasteiger partial charge in [-0.1, -0.05) is 13.8 Å². The van der Waals surface area contributed by atoms with Gasteiger partial charge in [-0.05, 0) is 43.0 Å². The number of hydrogen-bond donors (Lipinski definition) is 2. The van der Waals surface area contributed by atoms with Crippen LogP contribution in [0.2, 0.25) is 0 Å². The van der Waals surface area contributed by atoms with Gasteiger partial charge in [0.15, 0.2) is 0 Å². The number of hydrogen-bond acceptors (Lipinski definition) is 4. The minimum Gasteiger partial charge on any atom is -0.349 e. The second kappa shape index (κ2) is 7.93. The Bertz CT molecular complexity index is 625. The van der Waals surface area contributed by atoms with Crippen molar-refractivity contribution in [3.8, 4) is 6.07 Å². The fourth-order valence-corrected chi connectivity index (χ4v) is 2.71. The van der Waals surface area contributed by atoms with Crippen molar-refractivity contribution in [2.45, 2.75) is 38.8 Å². The number of likely N-dealkylation sites (tertiary alicyclic amines) is 1. The van der Waals surface area contributed by atoms with E-state index in [1.165, 1.54) is 0 Å². The number of amides is 2. The number of benzene rings is 1. The fourth-order valence-electron chi connectivity index (χ4n) is 2.71. The molecule has 6 heteroatoms. The van der Waals surface area contributed by atoms with Gasteiger partial charge in [-0.2, -0.15) is 5.26 Å². The molecule has 1 fully saturated rings. The van der Waals surface area contributed by atoms with Gasteiger partial charge in [0.05, 0.1) is 17.7 Å². The van der Waals surface area contributed by atoms with Crippen LogP contribution in [0.5, 0.6) is 0 Å². The largest absolute Gasteiger partial charge is 0.349 e. The van der Waals surface area contributed by atoms with E-state index in [9.17, 15) is 9.59 Å². The highest BCUT2D eigenvalue weighted by atomic mass is 16.2. The number of nitrogens with two attached hydrogens (primary N) is 1. The molecule has 2 amide bonds. The molecule has 0 aromatic heterocycles. The number of nitrogens with zero attached hydrogens (tertiary/aromatic N) is 2. The lowest BCUT2D eigenvalue weighted by molar-refractivity contribution is -0.134. The second-order valence-electron chi connectivity index (χ2n) is 6.53. The third kappa shape index (κ3) is 4.33. The molecule has 1 aliphatic rings. The van der Waals surface area contributed by atoms with E-state index in [-0.39, 0.29) is 23.8 Å². The molecule has 3 N–H and O–H groups in total. The quantitative estimate of drug-likeness (QED) is 0.869. The summed E-state index contributed by atoms with van der Waals surface area (Å²) in [6.45, 7) is 5.09. The zero-order chi connectivity index (χ0) is 17.7. The summed E-state index contributed by atoms with van der Waals surface area (Å²) >= 11 is 0. The van der Waals surface area contributed by atoms with Crippen LogP contribution in [-0.4, -0.2) is 41.9 Å². The Kier molecular flexibility index (Phi) is 5.93. The van der Waals surface area contributed by atoms with Crippen molar-refractivity contribution in [2.75, 3.05) is 13.1 Å². The first kappa shape index (κ1) is 18.0. The summed E-state index contributed by atoms with van der Waals surface area (Å²) in [5.41, 5.74) is 6.99. The minimum atomic E-state index is -0.463. The van der Waals surface area contributed by atoms with E-state index in [0.29, 0.717) is 24.2 Å². The number of nitriles is 1. The number of carbonyl (C=O) groups excluding carboxylic acids is 2. The van der Waals surface area contributed by atoms with E-state index in [1.54, 1.807) is 29.2 Å². The topological polar surface area (TPSA) is 99.2 Å². The maximum Gasteiger partial charge on any atom is 0.251 e. The Morgan fingerprint density at radius 2 is 1.83 bits per heavy atom. The standard InChI is InChI=1S/C18H24N4O2/c1-12(2)16(20)18(24)22-9-7-15(8-10-22)21-17(23)14-5-3-13(11-19)4-6-14/h3-6,12,15-16H,7-10,20H2,1-2H3,(H,21,23). The van der Waals surface area contributed by atoms with Crippen molar-refractivity contribution in [3.63, 3.8) is 0 Å². The van der Waals surface area contributed by atoms with E-state index in [2.05, 4.69) is 5.32 Å². The highest BCUT2D eigenvalue weighted by Crippen LogP contribution is 2.14. The first-order chi connectivity index (χ1) is 11.4. The lowest BCUT2D eigenvalue weighted by Crippen LogP contribution is -2.52. The molecule has 0 aliphatic carbocycles. The van der Waals surface area contributed by atoms with Crippen molar-refractivity contribution >= 4 is 11.8 Å². The first-order valence-corrected chi connectivity index (χ1v) is 8.27. The smallest absolute Gasteiger partial charge is 0.251 e. The molecular formula is C18H24N4O2. The maximum absolute atomic E-state index is 12.2. The molecule has 0 radical (unpaired) electrons. The third-order valence-corrected chi connectivity index (χ3v) is 4.42. The molecule has 0 bridgehead atoms. The van der Waals surface area contributed by atoms with Crippen LogP contribution in [0, 0.1) is 17.2 Å². The molecule has 24 heavy (non-hydrogen) atoms. The van der Waals surface area contributed by atoms with Gasteiger partial charge in [0.25, 0.3) is 5.91 Å². The van der Waals surface area contributed by atoms with Gasteiger partial charge >= 0.3 is 0 Å². The molecule has 1 aromatic carbocycles. The molecule has 1 atom stereocenters. The van der Waals surface area contributed by atoms with Crippen LogP contribution in [0.25, 0.3) is 0 Å². The lowest BCUT2D eigenvalue weighted by atomic mass is 10.00. The van der Waals surface area contributed by atoms with Crippen LogP contribution < -0.4 is 11.1 Å². The third-order valence-electron chi connectivity index (χ3n) is 4.42. The monoisotopic (exact) mass is 328 g/mol. The summed E-state index contributed by atoms with van der Waals surface area (Å²) in [5, 5.41) is 11.8. The van der Waals surface area contributed by atoms with Crippen molar-refractivity contribution in [1.82, 2.24) is 10.2 Å². The van der Waals surface area contributed by atoms with Crippen LogP contribution >= 0.6 is 0 Å². The molecule has 0 spiro atoms. The Labute approximate surface area is 142 Å². The van der Waals surface area contributed by atoms with Crippen molar-refractivity contribution < 1.29 is 9.59 Å². The summed E-state index contributed by atoms with van der Waals surface area (Å²) in [7, 11) is 0. The molecule has 1 heterocycles. The summed E-state index contributed by atoms with van der Waals surface area (Å²) in [4.78, 5) is 26.3. The Balaban J connectivity index is 1.85. The maximum atomic E-state index is 12.2. The normalized spacial score (nSPS) is 16.5. The van der Waals surface area contributed by atoms with Gasteiger partial charge in [-0.15, -0.1) is 0 Å². The zero-order valence-electron chi connectivity index (χ0n) is 14.2. The average Bonchev–Trinajstić information content (AvgIpc) is 2.61. The average molecular weight is 328 g/mol. The van der Waals surface area contributed by atoms with Crippen LogP contribution in [-0.2, 0) is 4.79 Å². The van der Waals surface area contributed by atoms with Gasteiger partial charge in [0.1, 0.15) is 0 Å². The van der Waals surface area contributed by atoms with E-state index in [0.717, 1.165) is 12.8 Å². The van der Waals surface area contributed by atoms with Crippen LogP contribution in [0.1, 0.15) is 42.6 Å². The Morgan fingerprint density at radius 1 is 1.25 bits per heavy atom. The Hall–Kier alpha value is -2.39. The Morgan fingerprint density at radius 3 is 2.33 bits per heavy atom. The highest BCUT2D eigenvalue weighted by Gasteiger charge is 2.28. The lowest BCUT2D eigenvalue weighted by Gasteiger charge is -2.34. The van der Waals surface area contributed by atoms with Gasteiger partial charge in [0, 0.05) is 24.7 Å². The molecule has 0 saturated carbocycles. The van der Waals surface area contributed by atoms with E-state index in [1.807, 2.05) is 19.9 Å². The molecule has 6 nitrogen and oxygen atoms in total. The molecule has 2 rings (SSSR count). The summed E-state index contributed by atoms with van der Waals surface area (Å²) in [6, 6.07) is 8.16. The number of nitrogens with one attached hydrogen (secondary N) is 1. The number of piperidine rings is 1. The van der Waals surface area contributed by atoms with E-state index >= 15 is 0 Å². The van der Waals surface area contributed by atoms with Crippen molar-refractivity contribution in [3.05, 3.63) is 35.4 Å². The van der Waals surface area contributed by atoms with Gasteiger partial charge < -0.3 is 16.0 Å². The minimum absolute atomic E-state index is 0.0122. The van der Waals surface area contributed by atoms with Gasteiger partial charge in [0.2, 0.25) is 5.91 Å². The summed E-state index contributed by atoms with van der Waals surface area (Å²) in [5.74, 6) is -0.0451. The van der Waals surface area contributed by atoms with Crippen LogP contribution in [0.15, 0.2) is 24.3 Å². The zero-order valence-corrected chi connectivity index (χ0v) is 14.2. The number of carbonyl (C=O) groups is 2. The summed E-state index contributed by atoms with van der Waals surface area (Å²) < 4.78 is 0. The summed E-state index contributed by atoms with van der Waals surface area (Å²) in [6.07, 6.45) is 1.44. The van der Waals surface area contributed by atoms with Crippen LogP contribution in [0.4, 0.5) is 0 Å². The fraction of sp³-hybridized carbons (Fsp3) is 0.500. The molecule has 1 unspecified atom stereocenters. The van der Waals surface area contributed by atoms with E-state index < -0.39 is 6.04 Å². The molecule has 1 aromatic rings. The van der Waals surface area contributed by atoms with Crippen LogP contribution in [0.3, 0.4) is 0 Å². The van der Waals surface area contributed by atoms with Gasteiger partial charge in [-0.3, -0.25) is 9.59 Å². The first-order valence-electron chi connectivity index (χ1n) is 8.27. The highest BCUT2D eigenvalue weighted by molar-refractivity contribution is 5.94. The predicted octanol–water partition coefficient (Wildman–Crippen LogP) is 1.26. The molecule has 1 saturated heterocycles. The SMILES string of the molecule is CC(C)C(N)C(=O)N1CCC(NC(=O)c2ccc(C#N)cc2)CC1. The molecule has 1 aliphatic heterocycles. The second-order valence-corrected chi connectivity index (χ2v) is 6.53. The van der Waals surface area contributed by atoms with Gasteiger partial charge in [-0.25, -0.2) is 0 Å². The predicted molar refractivity (Wildman–Crippen MR) is 91.0 cm³/mol. The molecule has 128 valence electrons. The van der Waals surface area contributed by atoms with E-state index in [4.69, 9.17) is 11.0 Å². The number of rotatable bonds is 4.